The third-order valence-electron chi connectivity index (χ3n) is 3.91. The third kappa shape index (κ3) is 3.72. The summed E-state index contributed by atoms with van der Waals surface area (Å²) < 4.78 is 0. The summed E-state index contributed by atoms with van der Waals surface area (Å²) in [7, 11) is 2.20. The van der Waals surface area contributed by atoms with Crippen LogP contribution in [0.3, 0.4) is 0 Å². The molecule has 2 N–H and O–H groups in total. The standard InChI is InChI=1S/C13H28N2O/c1-12(2,9-14-13(3,4)10-16)11-6-7-15(5)8-11/h11,14,16H,6-10H2,1-5H3. The van der Waals surface area contributed by atoms with E-state index in [1.807, 2.05) is 13.8 Å². The zero-order valence-electron chi connectivity index (χ0n) is 11.5. The van der Waals surface area contributed by atoms with Crippen LogP contribution in [0.15, 0.2) is 0 Å². The van der Waals surface area contributed by atoms with Crippen molar-refractivity contribution in [2.75, 3.05) is 33.3 Å². The number of nitrogens with one attached hydrogen (secondary N) is 1. The highest BCUT2D eigenvalue weighted by atomic mass is 16.3. The number of hydrogen-bond donors (Lipinski definition) is 2. The van der Waals surface area contributed by atoms with Gasteiger partial charge < -0.3 is 15.3 Å². The summed E-state index contributed by atoms with van der Waals surface area (Å²) in [4.78, 5) is 2.41. The molecule has 1 unspecified atom stereocenters. The maximum Gasteiger partial charge on any atom is 0.0607 e. The monoisotopic (exact) mass is 228 g/mol. The lowest BCUT2D eigenvalue weighted by Gasteiger charge is -2.35. The van der Waals surface area contributed by atoms with Gasteiger partial charge in [0.15, 0.2) is 0 Å². The zero-order valence-corrected chi connectivity index (χ0v) is 11.5. The van der Waals surface area contributed by atoms with Crippen LogP contribution in [0.2, 0.25) is 0 Å². The highest BCUT2D eigenvalue weighted by Gasteiger charge is 2.34. The van der Waals surface area contributed by atoms with Crippen molar-refractivity contribution in [3.8, 4) is 0 Å². The number of aliphatic hydroxyl groups excluding tert-OH is 1. The second kappa shape index (κ2) is 5.03. The van der Waals surface area contributed by atoms with Crippen molar-refractivity contribution in [3.63, 3.8) is 0 Å². The van der Waals surface area contributed by atoms with Gasteiger partial charge >= 0.3 is 0 Å². The number of likely N-dealkylation sites (tertiary alicyclic amines) is 1. The van der Waals surface area contributed by atoms with E-state index >= 15 is 0 Å². The number of hydrogen-bond acceptors (Lipinski definition) is 3. The smallest absolute Gasteiger partial charge is 0.0607 e. The Morgan fingerprint density at radius 1 is 1.31 bits per heavy atom. The summed E-state index contributed by atoms with van der Waals surface area (Å²) in [6.07, 6.45) is 1.30. The second-order valence-corrected chi connectivity index (χ2v) is 6.63. The largest absolute Gasteiger partial charge is 0.394 e. The molecule has 96 valence electrons. The van der Waals surface area contributed by atoms with Crippen molar-refractivity contribution in [1.29, 1.82) is 0 Å². The van der Waals surface area contributed by atoms with E-state index in [0.29, 0.717) is 5.41 Å². The number of aliphatic hydroxyl groups is 1. The summed E-state index contributed by atoms with van der Waals surface area (Å²) in [5.41, 5.74) is 0.138. The summed E-state index contributed by atoms with van der Waals surface area (Å²) >= 11 is 0. The van der Waals surface area contributed by atoms with E-state index in [2.05, 4.69) is 31.1 Å². The normalized spacial score (nSPS) is 24.0. The molecule has 0 aromatic heterocycles. The fraction of sp³-hybridized carbons (Fsp3) is 1.00. The molecule has 0 aliphatic carbocycles. The average Bonchev–Trinajstić information content (AvgIpc) is 2.63. The van der Waals surface area contributed by atoms with E-state index in [-0.39, 0.29) is 12.1 Å². The van der Waals surface area contributed by atoms with Gasteiger partial charge in [-0.25, -0.2) is 0 Å². The molecule has 0 amide bonds. The van der Waals surface area contributed by atoms with Crippen LogP contribution in [0.5, 0.6) is 0 Å². The average molecular weight is 228 g/mol. The molecule has 0 spiro atoms. The Balaban J connectivity index is 2.45. The fourth-order valence-electron chi connectivity index (χ4n) is 2.24. The van der Waals surface area contributed by atoms with E-state index in [4.69, 9.17) is 0 Å². The zero-order chi connectivity index (χ0) is 12.4. The van der Waals surface area contributed by atoms with E-state index in [1.54, 1.807) is 0 Å². The Morgan fingerprint density at radius 2 is 1.94 bits per heavy atom. The topological polar surface area (TPSA) is 35.5 Å². The van der Waals surface area contributed by atoms with Crippen LogP contribution < -0.4 is 5.32 Å². The van der Waals surface area contributed by atoms with Crippen LogP contribution in [-0.2, 0) is 0 Å². The van der Waals surface area contributed by atoms with Gasteiger partial charge in [-0.1, -0.05) is 13.8 Å². The lowest BCUT2D eigenvalue weighted by Crippen LogP contribution is -2.48. The third-order valence-corrected chi connectivity index (χ3v) is 3.91. The minimum Gasteiger partial charge on any atom is -0.394 e. The molecule has 3 heteroatoms. The van der Waals surface area contributed by atoms with Gasteiger partial charge in [0.2, 0.25) is 0 Å². The number of rotatable bonds is 5. The van der Waals surface area contributed by atoms with Gasteiger partial charge in [0, 0.05) is 18.6 Å². The quantitative estimate of drug-likeness (QED) is 0.745. The minimum absolute atomic E-state index is 0.165. The second-order valence-electron chi connectivity index (χ2n) is 6.63. The lowest BCUT2D eigenvalue weighted by atomic mass is 9.77. The molecular weight excluding hydrogens is 200 g/mol. The first-order valence-corrected chi connectivity index (χ1v) is 6.31. The van der Waals surface area contributed by atoms with Crippen molar-refractivity contribution < 1.29 is 5.11 Å². The molecule has 1 saturated heterocycles. The van der Waals surface area contributed by atoms with Gasteiger partial charge in [-0.2, -0.15) is 0 Å². The van der Waals surface area contributed by atoms with Crippen molar-refractivity contribution in [2.45, 2.75) is 39.7 Å². The molecule has 0 saturated carbocycles. The summed E-state index contributed by atoms with van der Waals surface area (Å²) in [6, 6.07) is 0. The fourth-order valence-corrected chi connectivity index (χ4v) is 2.24. The van der Waals surface area contributed by atoms with Crippen LogP contribution in [-0.4, -0.2) is 48.8 Å². The van der Waals surface area contributed by atoms with Crippen LogP contribution >= 0.6 is 0 Å². The van der Waals surface area contributed by atoms with Gasteiger partial charge in [0.1, 0.15) is 0 Å². The van der Waals surface area contributed by atoms with Crippen LogP contribution in [0.25, 0.3) is 0 Å². The van der Waals surface area contributed by atoms with E-state index < -0.39 is 0 Å². The summed E-state index contributed by atoms with van der Waals surface area (Å²) in [5.74, 6) is 0.763. The van der Waals surface area contributed by atoms with E-state index in [1.165, 1.54) is 19.5 Å². The van der Waals surface area contributed by atoms with Gasteiger partial charge in [-0.15, -0.1) is 0 Å². The molecule has 0 aromatic carbocycles. The molecule has 0 bridgehead atoms. The van der Waals surface area contributed by atoms with Crippen molar-refractivity contribution in [1.82, 2.24) is 10.2 Å². The van der Waals surface area contributed by atoms with Gasteiger partial charge in [-0.05, 0) is 45.2 Å². The first-order chi connectivity index (χ1) is 7.27. The van der Waals surface area contributed by atoms with Crippen molar-refractivity contribution in [3.05, 3.63) is 0 Å². The predicted molar refractivity (Wildman–Crippen MR) is 68.6 cm³/mol. The lowest BCUT2D eigenvalue weighted by molar-refractivity contribution is 0.145. The molecule has 1 rings (SSSR count). The Morgan fingerprint density at radius 3 is 2.38 bits per heavy atom. The molecule has 1 heterocycles. The molecule has 16 heavy (non-hydrogen) atoms. The first kappa shape index (κ1) is 13.9. The summed E-state index contributed by atoms with van der Waals surface area (Å²) in [5, 5.41) is 12.7. The molecule has 0 aromatic rings. The predicted octanol–water partition coefficient (Wildman–Crippen LogP) is 1.32. The van der Waals surface area contributed by atoms with E-state index in [9.17, 15) is 5.11 Å². The van der Waals surface area contributed by atoms with Gasteiger partial charge in [0.25, 0.3) is 0 Å². The Labute approximate surface area is 100 Å². The van der Waals surface area contributed by atoms with Gasteiger partial charge in [0.05, 0.1) is 6.61 Å². The highest BCUT2D eigenvalue weighted by Crippen LogP contribution is 2.33. The Kier molecular flexibility index (Phi) is 4.38. The Hall–Kier alpha value is -0.120. The molecule has 1 aliphatic rings. The number of nitrogens with zero attached hydrogens (tertiary/aromatic N) is 1. The molecule has 1 fully saturated rings. The molecule has 3 nitrogen and oxygen atoms in total. The minimum atomic E-state index is -0.165. The molecule has 1 aliphatic heterocycles. The maximum atomic E-state index is 9.23. The first-order valence-electron chi connectivity index (χ1n) is 6.31. The molecule has 0 radical (unpaired) electrons. The van der Waals surface area contributed by atoms with E-state index in [0.717, 1.165) is 12.5 Å². The Bertz CT molecular complexity index is 226. The molecule has 1 atom stereocenters. The maximum absolute atomic E-state index is 9.23. The van der Waals surface area contributed by atoms with Crippen LogP contribution in [0.1, 0.15) is 34.1 Å². The van der Waals surface area contributed by atoms with Crippen LogP contribution in [0, 0.1) is 11.3 Å². The van der Waals surface area contributed by atoms with Crippen molar-refractivity contribution in [2.24, 2.45) is 11.3 Å². The van der Waals surface area contributed by atoms with Crippen LogP contribution in [0.4, 0.5) is 0 Å². The SMILES string of the molecule is CN1CCC(C(C)(C)CNC(C)(C)CO)C1. The van der Waals surface area contributed by atoms with Crippen molar-refractivity contribution >= 4 is 0 Å². The highest BCUT2D eigenvalue weighted by molar-refractivity contribution is 4.89. The molecular formula is C13H28N2O. The van der Waals surface area contributed by atoms with Gasteiger partial charge in [-0.3, -0.25) is 0 Å². The summed E-state index contributed by atoms with van der Waals surface area (Å²) in [6.45, 7) is 12.3.